The van der Waals surface area contributed by atoms with Gasteiger partial charge < -0.3 is 15.3 Å². The topological polar surface area (TPSA) is 86.7 Å². The van der Waals surface area contributed by atoms with Gasteiger partial charge in [-0.05, 0) is 42.6 Å². The molecule has 0 radical (unpaired) electrons. The number of nitrogens with zero attached hydrogens (tertiary/aromatic N) is 1. The number of aliphatic carboxylic acids is 1. The Hall–Kier alpha value is -3.93. The van der Waals surface area contributed by atoms with Crippen LogP contribution in [0.15, 0.2) is 78.9 Å². The van der Waals surface area contributed by atoms with Gasteiger partial charge in [-0.3, -0.25) is 9.59 Å². The maximum absolute atomic E-state index is 13.1. The predicted octanol–water partition coefficient (Wildman–Crippen LogP) is 4.09. The van der Waals surface area contributed by atoms with Crippen LogP contribution in [0.4, 0.5) is 11.4 Å². The number of carbonyl (C=O) groups excluding carboxylic acids is 2. The van der Waals surface area contributed by atoms with Gasteiger partial charge >= 0.3 is 5.97 Å². The summed E-state index contributed by atoms with van der Waals surface area (Å²) in [6.45, 7) is 2.42. The summed E-state index contributed by atoms with van der Waals surface area (Å²) in [5.74, 6) is -1.90. The number of hydrogen-bond donors (Lipinski definition) is 2. The van der Waals surface area contributed by atoms with Crippen LogP contribution in [0.2, 0.25) is 0 Å². The van der Waals surface area contributed by atoms with Crippen molar-refractivity contribution in [1.29, 1.82) is 0 Å². The molecule has 0 heterocycles. The second kappa shape index (κ2) is 8.84. The Morgan fingerprint density at radius 2 is 1.62 bits per heavy atom. The van der Waals surface area contributed by atoms with Crippen molar-refractivity contribution >= 4 is 39.9 Å². The van der Waals surface area contributed by atoms with Crippen molar-refractivity contribution in [2.75, 3.05) is 16.8 Å². The molecule has 0 aliphatic rings. The smallest absolute Gasteiger partial charge is 0.328 e. The van der Waals surface area contributed by atoms with Crippen molar-refractivity contribution in [3.63, 3.8) is 0 Å². The Morgan fingerprint density at radius 1 is 0.931 bits per heavy atom. The Balaban J connectivity index is 1.81. The van der Waals surface area contributed by atoms with Gasteiger partial charge in [-0.25, -0.2) is 4.79 Å². The van der Waals surface area contributed by atoms with Crippen LogP contribution < -0.4 is 10.2 Å². The van der Waals surface area contributed by atoms with Crippen molar-refractivity contribution in [2.24, 2.45) is 0 Å². The van der Waals surface area contributed by atoms with Crippen molar-refractivity contribution in [3.05, 3.63) is 84.4 Å². The van der Waals surface area contributed by atoms with Crippen LogP contribution in [-0.2, 0) is 9.59 Å². The molecule has 0 spiro atoms. The number of rotatable bonds is 6. The van der Waals surface area contributed by atoms with E-state index in [1.807, 2.05) is 49.4 Å². The SMILES string of the molecule is CCN(C(=O)c1ccc(NC(=O)C=CC(=O)O)cc1)c1cccc2ccccc12. The molecule has 6 heteroatoms. The average molecular weight is 388 g/mol. The van der Waals surface area contributed by atoms with Gasteiger partial charge in [-0.2, -0.15) is 0 Å². The third-order valence-electron chi connectivity index (χ3n) is 4.40. The Bertz CT molecular complexity index is 1080. The lowest BCUT2D eigenvalue weighted by molar-refractivity contribution is -0.131. The van der Waals surface area contributed by atoms with E-state index in [9.17, 15) is 14.4 Å². The minimum atomic E-state index is -1.20. The van der Waals surface area contributed by atoms with Gasteiger partial charge in [0.15, 0.2) is 0 Å². The molecule has 3 rings (SSSR count). The van der Waals surface area contributed by atoms with E-state index in [0.717, 1.165) is 28.6 Å². The molecule has 0 fully saturated rings. The summed E-state index contributed by atoms with van der Waals surface area (Å²) in [5.41, 5.74) is 1.79. The molecule has 0 atom stereocenters. The zero-order valence-corrected chi connectivity index (χ0v) is 15.8. The fourth-order valence-corrected chi connectivity index (χ4v) is 3.05. The molecule has 0 unspecified atom stereocenters. The first-order valence-electron chi connectivity index (χ1n) is 9.11. The third-order valence-corrected chi connectivity index (χ3v) is 4.40. The van der Waals surface area contributed by atoms with E-state index < -0.39 is 11.9 Å². The molecule has 0 aliphatic heterocycles. The number of carboxylic acids is 1. The summed E-state index contributed by atoms with van der Waals surface area (Å²) >= 11 is 0. The van der Waals surface area contributed by atoms with Gasteiger partial charge in [-0.1, -0.05) is 36.4 Å². The molecule has 2 amide bonds. The van der Waals surface area contributed by atoms with E-state index in [1.54, 1.807) is 29.2 Å². The van der Waals surface area contributed by atoms with Crippen LogP contribution in [0.3, 0.4) is 0 Å². The van der Waals surface area contributed by atoms with Crippen LogP contribution in [0.25, 0.3) is 10.8 Å². The molecule has 0 saturated heterocycles. The standard InChI is InChI=1S/C23H20N2O4/c1-2-25(20-9-5-7-16-6-3-4-8-19(16)20)23(29)17-10-12-18(13-11-17)24-21(26)14-15-22(27)28/h3-15H,2H2,1H3,(H,24,26)(H,27,28). The maximum atomic E-state index is 13.1. The van der Waals surface area contributed by atoms with Gasteiger partial charge in [0.2, 0.25) is 5.91 Å². The third kappa shape index (κ3) is 4.68. The van der Waals surface area contributed by atoms with Gasteiger partial charge in [0, 0.05) is 35.3 Å². The molecule has 0 aromatic heterocycles. The van der Waals surface area contributed by atoms with Crippen molar-refractivity contribution < 1.29 is 19.5 Å². The molecule has 0 bridgehead atoms. The highest BCUT2D eigenvalue weighted by Crippen LogP contribution is 2.28. The molecule has 3 aromatic carbocycles. The molecule has 2 N–H and O–H groups in total. The summed E-state index contributed by atoms with van der Waals surface area (Å²) in [6, 6.07) is 20.2. The lowest BCUT2D eigenvalue weighted by atomic mass is 10.1. The number of fused-ring (bicyclic) bond motifs is 1. The Kier molecular flexibility index (Phi) is 6.04. The van der Waals surface area contributed by atoms with E-state index in [1.165, 1.54) is 0 Å². The molecular weight excluding hydrogens is 368 g/mol. The predicted molar refractivity (Wildman–Crippen MR) is 113 cm³/mol. The Morgan fingerprint density at radius 3 is 2.31 bits per heavy atom. The van der Waals surface area contributed by atoms with E-state index in [-0.39, 0.29) is 5.91 Å². The quantitative estimate of drug-likeness (QED) is 0.623. The summed E-state index contributed by atoms with van der Waals surface area (Å²) in [5, 5.41) is 13.2. The number of amides is 2. The monoisotopic (exact) mass is 388 g/mol. The van der Waals surface area contributed by atoms with Crippen LogP contribution in [0, 0.1) is 0 Å². The van der Waals surface area contributed by atoms with Crippen LogP contribution in [0.1, 0.15) is 17.3 Å². The van der Waals surface area contributed by atoms with Crippen LogP contribution in [0.5, 0.6) is 0 Å². The molecule has 3 aromatic rings. The minimum Gasteiger partial charge on any atom is -0.478 e. The molecule has 29 heavy (non-hydrogen) atoms. The highest BCUT2D eigenvalue weighted by atomic mass is 16.4. The second-order valence-electron chi connectivity index (χ2n) is 6.29. The number of carboxylic acid groups (broad SMARTS) is 1. The zero-order valence-electron chi connectivity index (χ0n) is 15.8. The summed E-state index contributed by atoms with van der Waals surface area (Å²) < 4.78 is 0. The van der Waals surface area contributed by atoms with Gasteiger partial charge in [0.05, 0.1) is 5.69 Å². The van der Waals surface area contributed by atoms with E-state index in [4.69, 9.17) is 5.11 Å². The highest BCUT2D eigenvalue weighted by molar-refractivity contribution is 6.11. The molecular formula is C23H20N2O4. The van der Waals surface area contributed by atoms with Crippen molar-refractivity contribution in [3.8, 4) is 0 Å². The number of anilines is 2. The number of hydrogen-bond acceptors (Lipinski definition) is 3. The summed E-state index contributed by atoms with van der Waals surface area (Å²) in [4.78, 5) is 36.9. The normalized spacial score (nSPS) is 10.8. The van der Waals surface area contributed by atoms with Crippen molar-refractivity contribution in [2.45, 2.75) is 6.92 Å². The minimum absolute atomic E-state index is 0.146. The number of nitrogens with one attached hydrogen (secondary N) is 1. The molecule has 6 nitrogen and oxygen atoms in total. The van der Waals surface area contributed by atoms with Gasteiger partial charge in [0.25, 0.3) is 5.91 Å². The summed E-state index contributed by atoms with van der Waals surface area (Å²) in [7, 11) is 0. The first-order chi connectivity index (χ1) is 14.0. The molecule has 146 valence electrons. The Labute approximate surface area is 168 Å². The largest absolute Gasteiger partial charge is 0.478 e. The van der Waals surface area contributed by atoms with Crippen LogP contribution in [-0.4, -0.2) is 29.4 Å². The molecule has 0 aliphatic carbocycles. The first-order valence-corrected chi connectivity index (χ1v) is 9.11. The van der Waals surface area contributed by atoms with E-state index in [0.29, 0.717) is 17.8 Å². The second-order valence-corrected chi connectivity index (χ2v) is 6.29. The van der Waals surface area contributed by atoms with Gasteiger partial charge in [0.1, 0.15) is 0 Å². The fraction of sp³-hybridized carbons (Fsp3) is 0.0870. The first kappa shape index (κ1) is 19.8. The average Bonchev–Trinajstić information content (AvgIpc) is 2.73. The van der Waals surface area contributed by atoms with Crippen LogP contribution >= 0.6 is 0 Å². The number of benzene rings is 3. The van der Waals surface area contributed by atoms with E-state index >= 15 is 0 Å². The van der Waals surface area contributed by atoms with Crippen molar-refractivity contribution in [1.82, 2.24) is 0 Å². The fourth-order valence-electron chi connectivity index (χ4n) is 3.05. The zero-order chi connectivity index (χ0) is 20.8. The van der Waals surface area contributed by atoms with Gasteiger partial charge in [-0.15, -0.1) is 0 Å². The number of carbonyl (C=O) groups is 3. The summed E-state index contributed by atoms with van der Waals surface area (Å²) in [6.07, 6.45) is 1.69. The highest BCUT2D eigenvalue weighted by Gasteiger charge is 2.18. The maximum Gasteiger partial charge on any atom is 0.328 e. The molecule has 0 saturated carbocycles. The lowest BCUT2D eigenvalue weighted by Gasteiger charge is -2.23. The lowest BCUT2D eigenvalue weighted by Crippen LogP contribution is -2.30. The van der Waals surface area contributed by atoms with E-state index in [2.05, 4.69) is 5.32 Å².